The van der Waals surface area contributed by atoms with E-state index in [4.69, 9.17) is 4.74 Å². The third kappa shape index (κ3) is 8.78. The molecule has 0 atom stereocenters. The largest absolute Gasteiger partial charge is 0.380 e. The molecule has 110 valence electrons. The summed E-state index contributed by atoms with van der Waals surface area (Å²) in [5.74, 6) is -0.0953. The van der Waals surface area contributed by atoms with E-state index in [-0.39, 0.29) is 5.91 Å². The van der Waals surface area contributed by atoms with Gasteiger partial charge in [-0.1, -0.05) is 19.4 Å². The van der Waals surface area contributed by atoms with E-state index in [1.807, 2.05) is 0 Å². The molecule has 19 heavy (non-hydrogen) atoms. The molecule has 0 bridgehead atoms. The second kappa shape index (κ2) is 11.0. The first-order chi connectivity index (χ1) is 9.33. The second-order valence-electron chi connectivity index (χ2n) is 5.07. The molecule has 1 fully saturated rings. The van der Waals surface area contributed by atoms with Crippen LogP contribution in [0.25, 0.3) is 0 Å². The summed E-state index contributed by atoms with van der Waals surface area (Å²) >= 11 is 0. The van der Waals surface area contributed by atoms with E-state index in [1.54, 1.807) is 0 Å². The van der Waals surface area contributed by atoms with Crippen molar-refractivity contribution in [3.05, 3.63) is 12.7 Å². The number of amides is 1. The van der Waals surface area contributed by atoms with E-state index in [0.717, 1.165) is 32.6 Å². The molecule has 0 aliphatic carbocycles. The van der Waals surface area contributed by atoms with Gasteiger partial charge in [0.05, 0.1) is 6.61 Å². The SMILES string of the molecule is C=CC(=O)NCCCCOCCN1CCCCCC1. The van der Waals surface area contributed by atoms with E-state index >= 15 is 0 Å². The van der Waals surface area contributed by atoms with Gasteiger partial charge in [0.15, 0.2) is 0 Å². The monoisotopic (exact) mass is 268 g/mol. The molecule has 0 saturated carbocycles. The van der Waals surface area contributed by atoms with Crippen LogP contribution in [0.5, 0.6) is 0 Å². The number of carbonyl (C=O) groups excluding carboxylic acids is 1. The Morgan fingerprint density at radius 3 is 2.58 bits per heavy atom. The quantitative estimate of drug-likeness (QED) is 0.513. The lowest BCUT2D eigenvalue weighted by atomic mass is 10.2. The average Bonchev–Trinajstić information content (AvgIpc) is 2.70. The van der Waals surface area contributed by atoms with Gasteiger partial charge in [-0.05, 0) is 44.8 Å². The highest BCUT2D eigenvalue weighted by atomic mass is 16.5. The molecule has 0 spiro atoms. The second-order valence-corrected chi connectivity index (χ2v) is 5.07. The van der Waals surface area contributed by atoms with Crippen molar-refractivity contribution in [1.82, 2.24) is 10.2 Å². The van der Waals surface area contributed by atoms with Crippen LogP contribution >= 0.6 is 0 Å². The van der Waals surface area contributed by atoms with Gasteiger partial charge < -0.3 is 15.0 Å². The molecule has 1 rings (SSSR count). The standard InChI is InChI=1S/C15H28N2O2/c1-2-15(18)16-9-5-8-13-19-14-12-17-10-6-3-4-7-11-17/h2H,1,3-14H2,(H,16,18). The maximum Gasteiger partial charge on any atom is 0.243 e. The minimum Gasteiger partial charge on any atom is -0.380 e. The van der Waals surface area contributed by atoms with E-state index < -0.39 is 0 Å². The maximum atomic E-state index is 10.9. The number of ether oxygens (including phenoxy) is 1. The molecular formula is C15H28N2O2. The highest BCUT2D eigenvalue weighted by Gasteiger charge is 2.07. The van der Waals surface area contributed by atoms with Crippen molar-refractivity contribution in [1.29, 1.82) is 0 Å². The lowest BCUT2D eigenvalue weighted by Crippen LogP contribution is -2.28. The van der Waals surface area contributed by atoms with Crippen molar-refractivity contribution in [3.8, 4) is 0 Å². The number of carbonyl (C=O) groups is 1. The first-order valence-corrected chi connectivity index (χ1v) is 7.53. The fourth-order valence-corrected chi connectivity index (χ4v) is 2.27. The van der Waals surface area contributed by atoms with Gasteiger partial charge in [-0.15, -0.1) is 0 Å². The summed E-state index contributed by atoms with van der Waals surface area (Å²) in [6, 6.07) is 0. The van der Waals surface area contributed by atoms with E-state index in [9.17, 15) is 4.79 Å². The normalized spacial score (nSPS) is 16.8. The molecule has 1 saturated heterocycles. The Morgan fingerprint density at radius 1 is 1.16 bits per heavy atom. The minimum absolute atomic E-state index is 0.0953. The third-order valence-electron chi connectivity index (χ3n) is 3.45. The fourth-order valence-electron chi connectivity index (χ4n) is 2.27. The van der Waals surface area contributed by atoms with Crippen LogP contribution in [0.3, 0.4) is 0 Å². The van der Waals surface area contributed by atoms with Crippen LogP contribution in [0.2, 0.25) is 0 Å². The summed E-state index contributed by atoms with van der Waals surface area (Å²) in [4.78, 5) is 13.4. The number of hydrogen-bond acceptors (Lipinski definition) is 3. The Labute approximate surface area is 117 Å². The summed E-state index contributed by atoms with van der Waals surface area (Å²) in [6.45, 7) is 9.27. The fraction of sp³-hybridized carbons (Fsp3) is 0.800. The van der Waals surface area contributed by atoms with Gasteiger partial charge in [0.1, 0.15) is 0 Å². The van der Waals surface area contributed by atoms with Crippen molar-refractivity contribution in [2.75, 3.05) is 39.4 Å². The topological polar surface area (TPSA) is 41.6 Å². The molecule has 0 aromatic carbocycles. The van der Waals surface area contributed by atoms with Crippen LogP contribution in [-0.2, 0) is 9.53 Å². The molecular weight excluding hydrogens is 240 g/mol. The Kier molecular flexibility index (Phi) is 9.37. The van der Waals surface area contributed by atoms with Crippen LogP contribution < -0.4 is 5.32 Å². The maximum absolute atomic E-state index is 10.9. The Bertz CT molecular complexity index is 249. The van der Waals surface area contributed by atoms with Crippen molar-refractivity contribution in [2.45, 2.75) is 38.5 Å². The van der Waals surface area contributed by atoms with Crippen molar-refractivity contribution >= 4 is 5.91 Å². The van der Waals surface area contributed by atoms with Gasteiger partial charge in [0, 0.05) is 19.7 Å². The molecule has 0 aromatic rings. The van der Waals surface area contributed by atoms with Gasteiger partial charge >= 0.3 is 0 Å². The lowest BCUT2D eigenvalue weighted by molar-refractivity contribution is -0.116. The molecule has 0 unspecified atom stereocenters. The molecule has 4 heteroatoms. The zero-order valence-corrected chi connectivity index (χ0v) is 12.0. The summed E-state index contributed by atoms with van der Waals surface area (Å²) in [5.41, 5.74) is 0. The lowest BCUT2D eigenvalue weighted by Gasteiger charge is -2.19. The molecule has 1 N–H and O–H groups in total. The summed E-state index contributed by atoms with van der Waals surface area (Å²) in [6.07, 6.45) is 8.70. The summed E-state index contributed by atoms with van der Waals surface area (Å²) in [7, 11) is 0. The van der Waals surface area contributed by atoms with E-state index in [1.165, 1.54) is 44.8 Å². The number of unbranched alkanes of at least 4 members (excludes halogenated alkanes) is 1. The summed E-state index contributed by atoms with van der Waals surface area (Å²) in [5, 5.41) is 2.76. The minimum atomic E-state index is -0.0953. The van der Waals surface area contributed by atoms with Gasteiger partial charge in [-0.2, -0.15) is 0 Å². The van der Waals surface area contributed by atoms with Crippen LogP contribution in [-0.4, -0.2) is 50.2 Å². The molecule has 0 aromatic heterocycles. The molecule has 1 aliphatic rings. The van der Waals surface area contributed by atoms with E-state index in [2.05, 4.69) is 16.8 Å². The Morgan fingerprint density at radius 2 is 1.89 bits per heavy atom. The molecule has 1 amide bonds. The van der Waals surface area contributed by atoms with Crippen LogP contribution in [0, 0.1) is 0 Å². The summed E-state index contributed by atoms with van der Waals surface area (Å²) < 4.78 is 5.64. The number of rotatable bonds is 9. The van der Waals surface area contributed by atoms with Gasteiger partial charge in [-0.25, -0.2) is 0 Å². The Balaban J connectivity index is 1.85. The number of likely N-dealkylation sites (tertiary alicyclic amines) is 1. The molecule has 1 aliphatic heterocycles. The molecule has 4 nitrogen and oxygen atoms in total. The number of nitrogens with zero attached hydrogens (tertiary/aromatic N) is 1. The van der Waals surface area contributed by atoms with Crippen molar-refractivity contribution < 1.29 is 9.53 Å². The van der Waals surface area contributed by atoms with Crippen LogP contribution in [0.1, 0.15) is 38.5 Å². The predicted molar refractivity (Wildman–Crippen MR) is 78.2 cm³/mol. The zero-order valence-electron chi connectivity index (χ0n) is 12.0. The van der Waals surface area contributed by atoms with Crippen molar-refractivity contribution in [3.63, 3.8) is 0 Å². The highest BCUT2D eigenvalue weighted by molar-refractivity contribution is 5.86. The van der Waals surface area contributed by atoms with Crippen LogP contribution in [0.15, 0.2) is 12.7 Å². The molecule has 1 heterocycles. The highest BCUT2D eigenvalue weighted by Crippen LogP contribution is 2.08. The smallest absolute Gasteiger partial charge is 0.243 e. The van der Waals surface area contributed by atoms with E-state index in [0.29, 0.717) is 6.54 Å². The Hall–Kier alpha value is -0.870. The van der Waals surface area contributed by atoms with Gasteiger partial charge in [0.25, 0.3) is 0 Å². The third-order valence-corrected chi connectivity index (χ3v) is 3.45. The number of hydrogen-bond donors (Lipinski definition) is 1. The predicted octanol–water partition coefficient (Wildman–Crippen LogP) is 1.96. The first kappa shape index (κ1) is 16.2. The number of nitrogens with one attached hydrogen (secondary N) is 1. The van der Waals surface area contributed by atoms with Gasteiger partial charge in [-0.3, -0.25) is 4.79 Å². The van der Waals surface area contributed by atoms with Crippen LogP contribution in [0.4, 0.5) is 0 Å². The molecule has 0 radical (unpaired) electrons. The van der Waals surface area contributed by atoms with Crippen molar-refractivity contribution in [2.24, 2.45) is 0 Å². The first-order valence-electron chi connectivity index (χ1n) is 7.53. The zero-order chi connectivity index (χ0) is 13.8. The average molecular weight is 268 g/mol. The van der Waals surface area contributed by atoms with Gasteiger partial charge in [0.2, 0.25) is 5.91 Å².